The third-order valence-electron chi connectivity index (χ3n) is 3.73. The highest BCUT2D eigenvalue weighted by atomic mass is 79.9. The molecule has 2 rings (SSSR count). The van der Waals surface area contributed by atoms with Crippen LogP contribution in [0.4, 0.5) is 0 Å². The predicted octanol–water partition coefficient (Wildman–Crippen LogP) is 3.06. The molecular formula is C18H21BrN2O4. The van der Waals surface area contributed by atoms with Crippen LogP contribution in [0.5, 0.6) is 11.5 Å². The number of ether oxygens (including phenoxy) is 3. The number of nitriles is 1. The van der Waals surface area contributed by atoms with E-state index in [0.29, 0.717) is 34.7 Å². The van der Waals surface area contributed by atoms with E-state index in [0.717, 1.165) is 19.4 Å². The van der Waals surface area contributed by atoms with Gasteiger partial charge in [0.1, 0.15) is 11.6 Å². The zero-order valence-electron chi connectivity index (χ0n) is 14.3. The molecule has 134 valence electrons. The topological polar surface area (TPSA) is 80.6 Å². The number of methoxy groups -OCH3 is 1. The van der Waals surface area contributed by atoms with Crippen LogP contribution in [0.3, 0.4) is 0 Å². The first-order valence-corrected chi connectivity index (χ1v) is 8.90. The van der Waals surface area contributed by atoms with Crippen LogP contribution in [0.1, 0.15) is 25.3 Å². The fraction of sp³-hybridized carbons (Fsp3) is 0.444. The van der Waals surface area contributed by atoms with Gasteiger partial charge < -0.3 is 19.5 Å². The Bertz CT molecular complexity index is 691. The van der Waals surface area contributed by atoms with Gasteiger partial charge in [0.25, 0.3) is 5.91 Å². The summed E-state index contributed by atoms with van der Waals surface area (Å²) in [6.07, 6.45) is 3.48. The third kappa shape index (κ3) is 5.21. The highest BCUT2D eigenvalue weighted by Gasteiger charge is 2.18. The van der Waals surface area contributed by atoms with Crippen molar-refractivity contribution >= 4 is 27.9 Å². The number of rotatable bonds is 7. The van der Waals surface area contributed by atoms with Crippen LogP contribution in [-0.2, 0) is 9.53 Å². The lowest BCUT2D eigenvalue weighted by Gasteiger charge is -2.12. The van der Waals surface area contributed by atoms with Crippen LogP contribution in [0.25, 0.3) is 6.08 Å². The summed E-state index contributed by atoms with van der Waals surface area (Å²) in [6, 6.07) is 5.45. The number of benzene rings is 1. The Balaban J connectivity index is 2.17. The summed E-state index contributed by atoms with van der Waals surface area (Å²) in [6.45, 7) is 3.48. The Morgan fingerprint density at radius 3 is 2.96 bits per heavy atom. The molecule has 1 aromatic carbocycles. The Morgan fingerprint density at radius 1 is 1.56 bits per heavy atom. The molecule has 1 fully saturated rings. The smallest absolute Gasteiger partial charge is 0.262 e. The molecule has 1 aliphatic heterocycles. The molecule has 0 aliphatic carbocycles. The molecular weight excluding hydrogens is 388 g/mol. The van der Waals surface area contributed by atoms with Gasteiger partial charge >= 0.3 is 0 Å². The minimum absolute atomic E-state index is 0.0255. The summed E-state index contributed by atoms with van der Waals surface area (Å²) >= 11 is 3.42. The van der Waals surface area contributed by atoms with Gasteiger partial charge in [-0.1, -0.05) is 0 Å². The van der Waals surface area contributed by atoms with Crippen molar-refractivity contribution in [3.05, 3.63) is 27.7 Å². The number of hydrogen-bond donors (Lipinski definition) is 1. The molecule has 0 bridgehead atoms. The van der Waals surface area contributed by atoms with Gasteiger partial charge in [0.15, 0.2) is 11.5 Å². The average Bonchev–Trinajstić information content (AvgIpc) is 3.11. The van der Waals surface area contributed by atoms with E-state index in [9.17, 15) is 10.1 Å². The second kappa shape index (κ2) is 9.44. The van der Waals surface area contributed by atoms with E-state index in [1.807, 2.05) is 13.0 Å². The van der Waals surface area contributed by atoms with Crippen molar-refractivity contribution in [3.63, 3.8) is 0 Å². The van der Waals surface area contributed by atoms with Gasteiger partial charge in [-0.3, -0.25) is 4.79 Å². The molecule has 0 aromatic heterocycles. The minimum Gasteiger partial charge on any atom is -0.492 e. The van der Waals surface area contributed by atoms with Crippen LogP contribution < -0.4 is 14.8 Å². The lowest BCUT2D eigenvalue weighted by atomic mass is 10.1. The number of halogens is 1. The van der Waals surface area contributed by atoms with E-state index < -0.39 is 5.91 Å². The summed E-state index contributed by atoms with van der Waals surface area (Å²) in [4.78, 5) is 12.2. The van der Waals surface area contributed by atoms with Crippen LogP contribution in [0.15, 0.2) is 22.2 Å². The van der Waals surface area contributed by atoms with E-state index in [1.165, 1.54) is 6.08 Å². The Kier molecular flexibility index (Phi) is 7.29. The first-order valence-electron chi connectivity index (χ1n) is 8.11. The zero-order chi connectivity index (χ0) is 18.2. The van der Waals surface area contributed by atoms with E-state index in [1.54, 1.807) is 19.2 Å². The fourth-order valence-electron chi connectivity index (χ4n) is 2.55. The maximum Gasteiger partial charge on any atom is 0.262 e. The zero-order valence-corrected chi connectivity index (χ0v) is 15.9. The Labute approximate surface area is 155 Å². The summed E-state index contributed by atoms with van der Waals surface area (Å²) < 4.78 is 17.0. The van der Waals surface area contributed by atoms with Crippen molar-refractivity contribution in [2.45, 2.75) is 25.9 Å². The standard InChI is InChI=1S/C18H21BrN2O4/c1-3-24-16-9-12(8-15(19)17(16)23-2)7-13(10-20)18(22)21-11-14-5-4-6-25-14/h7-9,14H,3-6,11H2,1-2H3,(H,21,22)/b13-7+. The largest absolute Gasteiger partial charge is 0.492 e. The highest BCUT2D eigenvalue weighted by Crippen LogP contribution is 2.37. The molecule has 1 atom stereocenters. The molecule has 1 saturated heterocycles. The maximum absolute atomic E-state index is 12.2. The van der Waals surface area contributed by atoms with Gasteiger partial charge in [-0.05, 0) is 59.5 Å². The number of carbonyl (C=O) groups excluding carboxylic acids is 1. The average molecular weight is 409 g/mol. The fourth-order valence-corrected chi connectivity index (χ4v) is 3.18. The highest BCUT2D eigenvalue weighted by molar-refractivity contribution is 9.10. The van der Waals surface area contributed by atoms with Crippen molar-refractivity contribution in [3.8, 4) is 17.6 Å². The maximum atomic E-state index is 12.2. The number of nitrogens with one attached hydrogen (secondary N) is 1. The molecule has 0 spiro atoms. The van der Waals surface area contributed by atoms with Crippen LogP contribution in [0, 0.1) is 11.3 Å². The van der Waals surface area contributed by atoms with Crippen molar-refractivity contribution in [1.82, 2.24) is 5.32 Å². The molecule has 1 amide bonds. The quantitative estimate of drug-likeness (QED) is 0.553. The normalized spacial score (nSPS) is 17.0. The summed E-state index contributed by atoms with van der Waals surface area (Å²) in [5.74, 6) is 0.700. The molecule has 1 heterocycles. The van der Waals surface area contributed by atoms with Gasteiger partial charge in [-0.25, -0.2) is 0 Å². The second-order valence-electron chi connectivity index (χ2n) is 5.48. The molecule has 7 heteroatoms. The monoisotopic (exact) mass is 408 g/mol. The van der Waals surface area contributed by atoms with Gasteiger partial charge in [-0.2, -0.15) is 5.26 Å². The van der Waals surface area contributed by atoms with Gasteiger partial charge in [0, 0.05) is 13.2 Å². The summed E-state index contributed by atoms with van der Waals surface area (Å²) in [7, 11) is 1.55. The number of carbonyl (C=O) groups is 1. The molecule has 0 radical (unpaired) electrons. The Morgan fingerprint density at radius 2 is 2.36 bits per heavy atom. The molecule has 25 heavy (non-hydrogen) atoms. The van der Waals surface area contributed by atoms with Gasteiger partial charge in [0.2, 0.25) is 0 Å². The molecule has 1 unspecified atom stereocenters. The molecule has 1 aliphatic rings. The molecule has 6 nitrogen and oxygen atoms in total. The minimum atomic E-state index is -0.414. The van der Waals surface area contributed by atoms with E-state index in [4.69, 9.17) is 14.2 Å². The van der Waals surface area contributed by atoms with Crippen LogP contribution >= 0.6 is 15.9 Å². The predicted molar refractivity (Wildman–Crippen MR) is 97.4 cm³/mol. The van der Waals surface area contributed by atoms with Crippen LogP contribution in [0.2, 0.25) is 0 Å². The number of amides is 1. The lowest BCUT2D eigenvalue weighted by molar-refractivity contribution is -0.117. The van der Waals surface area contributed by atoms with Crippen molar-refractivity contribution in [1.29, 1.82) is 5.26 Å². The number of hydrogen-bond acceptors (Lipinski definition) is 5. The van der Waals surface area contributed by atoms with Crippen molar-refractivity contribution in [2.24, 2.45) is 0 Å². The van der Waals surface area contributed by atoms with Crippen molar-refractivity contribution in [2.75, 3.05) is 26.9 Å². The van der Waals surface area contributed by atoms with Gasteiger partial charge in [-0.15, -0.1) is 0 Å². The van der Waals surface area contributed by atoms with Crippen molar-refractivity contribution < 1.29 is 19.0 Å². The SMILES string of the molecule is CCOc1cc(/C=C(\C#N)C(=O)NCC2CCCO2)cc(Br)c1OC. The molecule has 0 saturated carbocycles. The first kappa shape index (κ1) is 19.3. The molecule has 1 N–H and O–H groups in total. The first-order chi connectivity index (χ1) is 12.1. The van der Waals surface area contributed by atoms with E-state index in [-0.39, 0.29) is 11.7 Å². The van der Waals surface area contributed by atoms with E-state index >= 15 is 0 Å². The van der Waals surface area contributed by atoms with E-state index in [2.05, 4.69) is 21.2 Å². The van der Waals surface area contributed by atoms with Crippen LogP contribution in [-0.4, -0.2) is 38.9 Å². The van der Waals surface area contributed by atoms with Gasteiger partial charge in [0.05, 0.1) is 24.3 Å². The summed E-state index contributed by atoms with van der Waals surface area (Å²) in [5.41, 5.74) is 0.692. The lowest BCUT2D eigenvalue weighted by Crippen LogP contribution is -2.32. The molecule has 1 aromatic rings. The Hall–Kier alpha value is -2.04. The summed E-state index contributed by atoms with van der Waals surface area (Å²) in [5, 5.41) is 12.1. The third-order valence-corrected chi connectivity index (χ3v) is 4.32. The number of nitrogens with zero attached hydrogens (tertiary/aromatic N) is 1. The second-order valence-corrected chi connectivity index (χ2v) is 6.34.